The molecule has 2 aromatic rings. The Kier molecular flexibility index (Phi) is 4.24. The van der Waals surface area contributed by atoms with E-state index in [9.17, 15) is 9.18 Å². The van der Waals surface area contributed by atoms with Crippen LogP contribution >= 0.6 is 15.9 Å². The summed E-state index contributed by atoms with van der Waals surface area (Å²) in [5, 5.41) is 2.69. The number of rotatable bonds is 3. The number of anilines is 2. The molecule has 2 rings (SSSR count). The van der Waals surface area contributed by atoms with Crippen LogP contribution in [0.5, 0.6) is 5.75 Å². The second-order valence-electron chi connectivity index (χ2n) is 4.01. The van der Waals surface area contributed by atoms with Crippen molar-refractivity contribution in [1.82, 2.24) is 0 Å². The molecule has 0 aliphatic heterocycles. The van der Waals surface area contributed by atoms with Crippen LogP contribution in [-0.4, -0.2) is 13.0 Å². The lowest BCUT2D eigenvalue weighted by molar-refractivity contribution is 0.102. The van der Waals surface area contributed by atoms with E-state index < -0.39 is 11.7 Å². The number of benzene rings is 2. The Morgan fingerprint density at radius 3 is 2.75 bits per heavy atom. The molecule has 0 aliphatic rings. The summed E-state index contributed by atoms with van der Waals surface area (Å²) in [6.45, 7) is 0. The second-order valence-corrected chi connectivity index (χ2v) is 4.86. The van der Waals surface area contributed by atoms with E-state index in [1.807, 2.05) is 0 Å². The summed E-state index contributed by atoms with van der Waals surface area (Å²) in [5.41, 5.74) is 6.16. The molecule has 6 heteroatoms. The van der Waals surface area contributed by atoms with E-state index in [0.29, 0.717) is 15.9 Å². The first-order valence-electron chi connectivity index (χ1n) is 5.72. The highest BCUT2D eigenvalue weighted by Crippen LogP contribution is 2.27. The lowest BCUT2D eigenvalue weighted by atomic mass is 10.1. The van der Waals surface area contributed by atoms with E-state index in [1.165, 1.54) is 13.2 Å². The fraction of sp³-hybridized carbons (Fsp3) is 0.0714. The van der Waals surface area contributed by atoms with Crippen molar-refractivity contribution in [2.45, 2.75) is 0 Å². The van der Waals surface area contributed by atoms with Crippen LogP contribution in [0, 0.1) is 5.82 Å². The lowest BCUT2D eigenvalue weighted by Crippen LogP contribution is -2.14. The molecule has 0 spiro atoms. The number of carbonyl (C=O) groups excluding carboxylic acids is 1. The fourth-order valence-corrected chi connectivity index (χ4v) is 2.17. The molecule has 0 radical (unpaired) electrons. The van der Waals surface area contributed by atoms with Crippen molar-refractivity contribution in [3.63, 3.8) is 0 Å². The Bertz CT molecular complexity index is 662. The number of halogens is 2. The maximum Gasteiger partial charge on any atom is 0.256 e. The summed E-state index contributed by atoms with van der Waals surface area (Å²) in [6.07, 6.45) is 0. The van der Waals surface area contributed by atoms with Gasteiger partial charge in [0.25, 0.3) is 5.91 Å². The normalized spacial score (nSPS) is 10.2. The molecular formula is C14H12BrFN2O2. The van der Waals surface area contributed by atoms with Gasteiger partial charge < -0.3 is 15.8 Å². The monoisotopic (exact) mass is 338 g/mol. The Labute approximate surface area is 123 Å². The van der Waals surface area contributed by atoms with Gasteiger partial charge in [0.15, 0.2) is 0 Å². The summed E-state index contributed by atoms with van der Waals surface area (Å²) in [4.78, 5) is 12.2. The average molecular weight is 339 g/mol. The molecular weight excluding hydrogens is 327 g/mol. The average Bonchev–Trinajstić information content (AvgIpc) is 2.43. The van der Waals surface area contributed by atoms with E-state index in [2.05, 4.69) is 21.2 Å². The van der Waals surface area contributed by atoms with E-state index in [0.717, 1.165) is 6.07 Å². The highest BCUT2D eigenvalue weighted by atomic mass is 79.9. The minimum atomic E-state index is -0.578. The van der Waals surface area contributed by atoms with Gasteiger partial charge >= 0.3 is 0 Å². The number of carbonyl (C=O) groups is 1. The van der Waals surface area contributed by atoms with E-state index in [-0.39, 0.29) is 11.3 Å². The van der Waals surface area contributed by atoms with E-state index in [4.69, 9.17) is 10.5 Å². The third-order valence-electron chi connectivity index (χ3n) is 2.69. The summed E-state index contributed by atoms with van der Waals surface area (Å²) in [5.74, 6) is -0.453. The van der Waals surface area contributed by atoms with Crippen LogP contribution in [0.3, 0.4) is 0 Å². The van der Waals surface area contributed by atoms with Crippen molar-refractivity contribution in [1.29, 1.82) is 0 Å². The van der Waals surface area contributed by atoms with Crippen LogP contribution in [0.25, 0.3) is 0 Å². The summed E-state index contributed by atoms with van der Waals surface area (Å²) in [6, 6.07) is 9.43. The highest BCUT2D eigenvalue weighted by molar-refractivity contribution is 9.10. The molecule has 3 N–H and O–H groups in total. The Balaban J connectivity index is 2.31. The molecule has 0 fully saturated rings. The number of hydrogen-bond donors (Lipinski definition) is 2. The van der Waals surface area contributed by atoms with Crippen molar-refractivity contribution in [3.8, 4) is 5.75 Å². The van der Waals surface area contributed by atoms with Crippen molar-refractivity contribution in [2.24, 2.45) is 0 Å². The van der Waals surface area contributed by atoms with Crippen molar-refractivity contribution < 1.29 is 13.9 Å². The minimum Gasteiger partial charge on any atom is -0.495 e. The largest absolute Gasteiger partial charge is 0.495 e. The molecule has 0 bridgehead atoms. The molecule has 0 aliphatic carbocycles. The number of amides is 1. The molecule has 1 amide bonds. The van der Waals surface area contributed by atoms with Gasteiger partial charge in [0.2, 0.25) is 0 Å². The topological polar surface area (TPSA) is 64.3 Å². The first-order valence-corrected chi connectivity index (χ1v) is 6.51. The zero-order valence-electron chi connectivity index (χ0n) is 10.6. The first kappa shape index (κ1) is 14.3. The fourth-order valence-electron chi connectivity index (χ4n) is 1.68. The van der Waals surface area contributed by atoms with Gasteiger partial charge in [-0.25, -0.2) is 4.39 Å². The number of ether oxygens (including phenoxy) is 1. The molecule has 0 heterocycles. The third-order valence-corrected chi connectivity index (χ3v) is 3.34. The van der Waals surface area contributed by atoms with Gasteiger partial charge in [0.1, 0.15) is 11.6 Å². The molecule has 20 heavy (non-hydrogen) atoms. The van der Waals surface area contributed by atoms with Crippen LogP contribution in [0.15, 0.2) is 40.9 Å². The van der Waals surface area contributed by atoms with Crippen LogP contribution in [0.4, 0.5) is 15.8 Å². The molecule has 0 saturated heterocycles. The van der Waals surface area contributed by atoms with Gasteiger partial charge in [-0.1, -0.05) is 12.1 Å². The van der Waals surface area contributed by atoms with Crippen molar-refractivity contribution in [3.05, 3.63) is 52.3 Å². The molecule has 0 unspecified atom stereocenters. The molecule has 2 aromatic carbocycles. The maximum atomic E-state index is 13.3. The minimum absolute atomic E-state index is 0.0848. The molecule has 104 valence electrons. The molecule has 0 aromatic heterocycles. The summed E-state index contributed by atoms with van der Waals surface area (Å²) in [7, 11) is 1.51. The lowest BCUT2D eigenvalue weighted by Gasteiger charge is -2.11. The maximum absolute atomic E-state index is 13.3. The number of hydrogen-bond acceptors (Lipinski definition) is 3. The first-order chi connectivity index (χ1) is 9.52. The van der Waals surface area contributed by atoms with Gasteiger partial charge in [-0.05, 0) is 40.2 Å². The Morgan fingerprint density at radius 1 is 1.35 bits per heavy atom. The van der Waals surface area contributed by atoms with Crippen LogP contribution < -0.4 is 15.8 Å². The van der Waals surface area contributed by atoms with Gasteiger partial charge in [-0.2, -0.15) is 0 Å². The Morgan fingerprint density at radius 2 is 2.05 bits per heavy atom. The van der Waals surface area contributed by atoms with Gasteiger partial charge in [0, 0.05) is 4.47 Å². The SMILES string of the molecule is COc1ccccc1NC(=O)c1cc(N)c(F)cc1Br. The number of methoxy groups -OCH3 is 1. The summed E-state index contributed by atoms with van der Waals surface area (Å²) >= 11 is 3.14. The predicted molar refractivity (Wildman–Crippen MR) is 79.5 cm³/mol. The van der Waals surface area contributed by atoms with Crippen molar-refractivity contribution in [2.75, 3.05) is 18.2 Å². The Hall–Kier alpha value is -2.08. The van der Waals surface area contributed by atoms with Crippen LogP contribution in [-0.2, 0) is 0 Å². The zero-order chi connectivity index (χ0) is 14.7. The molecule has 0 saturated carbocycles. The number of nitrogens with two attached hydrogens (primary N) is 1. The third kappa shape index (κ3) is 2.91. The van der Waals surface area contributed by atoms with Gasteiger partial charge in [0.05, 0.1) is 24.0 Å². The van der Waals surface area contributed by atoms with E-state index in [1.54, 1.807) is 24.3 Å². The zero-order valence-corrected chi connectivity index (χ0v) is 12.2. The standard InChI is InChI=1S/C14H12BrFN2O2/c1-20-13-5-3-2-4-12(13)18-14(19)8-6-11(17)10(16)7-9(8)15/h2-7H,17H2,1H3,(H,18,19). The quantitative estimate of drug-likeness (QED) is 0.842. The van der Waals surface area contributed by atoms with E-state index >= 15 is 0 Å². The van der Waals surface area contributed by atoms with Gasteiger partial charge in [-0.3, -0.25) is 4.79 Å². The predicted octanol–water partition coefficient (Wildman–Crippen LogP) is 3.43. The summed E-state index contributed by atoms with van der Waals surface area (Å²) < 4.78 is 18.7. The van der Waals surface area contributed by atoms with Gasteiger partial charge in [-0.15, -0.1) is 0 Å². The second kappa shape index (κ2) is 5.92. The molecule has 0 atom stereocenters. The number of nitrogen functional groups attached to an aromatic ring is 1. The highest BCUT2D eigenvalue weighted by Gasteiger charge is 2.15. The smallest absolute Gasteiger partial charge is 0.256 e. The number of para-hydroxylation sites is 2. The number of nitrogens with one attached hydrogen (secondary N) is 1. The van der Waals surface area contributed by atoms with Crippen LogP contribution in [0.2, 0.25) is 0 Å². The van der Waals surface area contributed by atoms with Crippen molar-refractivity contribution >= 4 is 33.2 Å². The van der Waals surface area contributed by atoms with Crippen LogP contribution in [0.1, 0.15) is 10.4 Å². The molecule has 4 nitrogen and oxygen atoms in total.